The van der Waals surface area contributed by atoms with Crippen molar-refractivity contribution in [3.05, 3.63) is 0 Å². The number of unbranched alkanes of at least 4 members (excludes halogenated alkanes) is 3. The van der Waals surface area contributed by atoms with Crippen LogP contribution < -0.4 is 5.32 Å². The van der Waals surface area contributed by atoms with E-state index in [1.54, 1.807) is 4.90 Å². The molecule has 0 saturated heterocycles. The van der Waals surface area contributed by atoms with Crippen LogP contribution in [-0.2, 0) is 4.74 Å². The van der Waals surface area contributed by atoms with Crippen molar-refractivity contribution in [3.8, 4) is 0 Å². The fraction of sp³-hybridized carbons (Fsp3) is 0.950. The van der Waals surface area contributed by atoms with Gasteiger partial charge in [-0.15, -0.1) is 0 Å². The van der Waals surface area contributed by atoms with Crippen LogP contribution in [0.2, 0.25) is 0 Å². The zero-order valence-corrected chi connectivity index (χ0v) is 16.9. The van der Waals surface area contributed by atoms with Crippen molar-refractivity contribution in [1.82, 2.24) is 10.2 Å². The lowest BCUT2D eigenvalue weighted by Gasteiger charge is -2.36. The Bertz CT molecular complexity index is 357. The molecule has 1 saturated carbocycles. The van der Waals surface area contributed by atoms with Crippen LogP contribution in [0.15, 0.2) is 0 Å². The molecule has 0 aromatic carbocycles. The summed E-state index contributed by atoms with van der Waals surface area (Å²) in [4.78, 5) is 14.0. The van der Waals surface area contributed by atoms with Crippen LogP contribution in [0, 0.1) is 0 Å². The van der Waals surface area contributed by atoms with Crippen molar-refractivity contribution >= 4 is 6.09 Å². The summed E-state index contributed by atoms with van der Waals surface area (Å²) in [6, 6.07) is 1.53. The standard InChI is InChI=1S/C20H40N2O2/c1-7-8-9-10-11-16(2)21-17-12-14-18(15-13-17)22(6)19(23)24-20(3,4)5/h16-18,21H,7-15H2,1-6H3. The molecule has 0 heterocycles. The van der Waals surface area contributed by atoms with Crippen LogP contribution in [0.4, 0.5) is 4.79 Å². The predicted molar refractivity (Wildman–Crippen MR) is 101 cm³/mol. The lowest BCUT2D eigenvalue weighted by atomic mass is 9.90. The average Bonchev–Trinajstić information content (AvgIpc) is 2.50. The minimum atomic E-state index is -0.419. The largest absolute Gasteiger partial charge is 0.444 e. The molecule has 1 aliphatic rings. The van der Waals surface area contributed by atoms with Gasteiger partial charge in [-0.05, 0) is 59.8 Å². The Labute approximate surface area is 149 Å². The number of carbonyl (C=O) groups is 1. The first kappa shape index (κ1) is 21.3. The third-order valence-electron chi connectivity index (χ3n) is 4.94. The molecular weight excluding hydrogens is 300 g/mol. The first-order valence-electron chi connectivity index (χ1n) is 9.94. The van der Waals surface area contributed by atoms with E-state index in [-0.39, 0.29) is 6.09 Å². The number of carbonyl (C=O) groups excluding carboxylic acids is 1. The second-order valence-electron chi connectivity index (χ2n) is 8.51. The molecule has 0 aromatic rings. The van der Waals surface area contributed by atoms with Gasteiger partial charge in [0.15, 0.2) is 0 Å². The topological polar surface area (TPSA) is 41.6 Å². The van der Waals surface area contributed by atoms with Crippen molar-refractivity contribution in [2.24, 2.45) is 0 Å². The Morgan fingerprint density at radius 3 is 2.33 bits per heavy atom. The van der Waals surface area contributed by atoms with E-state index in [1.165, 1.54) is 32.1 Å². The smallest absolute Gasteiger partial charge is 0.410 e. The number of amides is 1. The summed E-state index contributed by atoms with van der Waals surface area (Å²) in [6.45, 7) is 10.3. The molecule has 24 heavy (non-hydrogen) atoms. The van der Waals surface area contributed by atoms with E-state index in [2.05, 4.69) is 19.2 Å². The number of ether oxygens (including phenoxy) is 1. The van der Waals surface area contributed by atoms with Crippen LogP contribution in [-0.4, -0.2) is 41.8 Å². The van der Waals surface area contributed by atoms with Gasteiger partial charge in [-0.3, -0.25) is 0 Å². The maximum atomic E-state index is 12.2. The summed E-state index contributed by atoms with van der Waals surface area (Å²) in [5.74, 6) is 0. The van der Waals surface area contributed by atoms with Gasteiger partial charge in [0.2, 0.25) is 0 Å². The average molecular weight is 341 g/mol. The quantitative estimate of drug-likeness (QED) is 0.624. The maximum absolute atomic E-state index is 12.2. The third-order valence-corrected chi connectivity index (χ3v) is 4.94. The van der Waals surface area contributed by atoms with E-state index in [0.717, 1.165) is 25.7 Å². The molecule has 0 aromatic heterocycles. The molecule has 4 nitrogen and oxygen atoms in total. The summed E-state index contributed by atoms with van der Waals surface area (Å²) in [5.41, 5.74) is -0.419. The van der Waals surface area contributed by atoms with Gasteiger partial charge in [0.25, 0.3) is 0 Å². The Morgan fingerprint density at radius 2 is 1.79 bits per heavy atom. The Kier molecular flexibility index (Phi) is 9.11. The first-order valence-corrected chi connectivity index (χ1v) is 9.94. The van der Waals surface area contributed by atoms with Crippen molar-refractivity contribution in [3.63, 3.8) is 0 Å². The Hall–Kier alpha value is -0.770. The van der Waals surface area contributed by atoms with Gasteiger partial charge in [-0.25, -0.2) is 4.79 Å². The number of nitrogens with one attached hydrogen (secondary N) is 1. The van der Waals surface area contributed by atoms with Gasteiger partial charge in [-0.2, -0.15) is 0 Å². The highest BCUT2D eigenvalue weighted by atomic mass is 16.6. The molecule has 0 spiro atoms. The molecule has 4 heteroatoms. The van der Waals surface area contributed by atoms with Crippen LogP contribution in [0.1, 0.15) is 92.4 Å². The highest BCUT2D eigenvalue weighted by molar-refractivity contribution is 5.68. The summed E-state index contributed by atoms with van der Waals surface area (Å²) in [7, 11) is 1.88. The van der Waals surface area contributed by atoms with Gasteiger partial charge < -0.3 is 15.0 Å². The molecule has 0 aliphatic heterocycles. The molecule has 1 unspecified atom stereocenters. The number of nitrogens with zero attached hydrogens (tertiary/aromatic N) is 1. The van der Waals surface area contributed by atoms with Gasteiger partial charge in [0.05, 0.1) is 0 Å². The third kappa shape index (κ3) is 8.36. The van der Waals surface area contributed by atoms with Crippen LogP contribution >= 0.6 is 0 Å². The fourth-order valence-electron chi connectivity index (χ4n) is 3.48. The zero-order chi connectivity index (χ0) is 18.2. The second kappa shape index (κ2) is 10.3. The summed E-state index contributed by atoms with van der Waals surface area (Å²) < 4.78 is 5.48. The van der Waals surface area contributed by atoms with Gasteiger partial charge in [0.1, 0.15) is 5.60 Å². The van der Waals surface area contributed by atoms with Crippen LogP contribution in [0.25, 0.3) is 0 Å². The number of rotatable bonds is 8. The molecule has 1 atom stereocenters. The monoisotopic (exact) mass is 340 g/mol. The number of hydrogen-bond donors (Lipinski definition) is 1. The van der Waals surface area contributed by atoms with Crippen molar-refractivity contribution in [2.45, 2.75) is 116 Å². The molecule has 1 aliphatic carbocycles. The highest BCUT2D eigenvalue weighted by Gasteiger charge is 2.29. The molecule has 142 valence electrons. The molecule has 1 rings (SSSR count). The normalized spacial score (nSPS) is 22.9. The van der Waals surface area contributed by atoms with E-state index in [9.17, 15) is 4.79 Å². The lowest BCUT2D eigenvalue weighted by molar-refractivity contribution is 0.0178. The Balaban J connectivity index is 2.27. The summed E-state index contributed by atoms with van der Waals surface area (Å²) >= 11 is 0. The minimum Gasteiger partial charge on any atom is -0.444 e. The van der Waals surface area contributed by atoms with Crippen LogP contribution in [0.3, 0.4) is 0 Å². The van der Waals surface area contributed by atoms with E-state index >= 15 is 0 Å². The van der Waals surface area contributed by atoms with E-state index in [1.807, 2.05) is 27.8 Å². The van der Waals surface area contributed by atoms with Crippen molar-refractivity contribution in [1.29, 1.82) is 0 Å². The van der Waals surface area contributed by atoms with Gasteiger partial charge in [-0.1, -0.05) is 32.6 Å². The van der Waals surface area contributed by atoms with Gasteiger partial charge >= 0.3 is 6.09 Å². The molecule has 1 amide bonds. The van der Waals surface area contributed by atoms with E-state index in [4.69, 9.17) is 4.74 Å². The van der Waals surface area contributed by atoms with Crippen molar-refractivity contribution < 1.29 is 9.53 Å². The molecule has 0 bridgehead atoms. The summed E-state index contributed by atoms with van der Waals surface area (Å²) in [5, 5.41) is 3.79. The number of hydrogen-bond acceptors (Lipinski definition) is 3. The molecular formula is C20H40N2O2. The molecule has 1 N–H and O–H groups in total. The highest BCUT2D eigenvalue weighted by Crippen LogP contribution is 2.24. The predicted octanol–water partition coefficient (Wildman–Crippen LogP) is 5.11. The van der Waals surface area contributed by atoms with E-state index in [0.29, 0.717) is 18.1 Å². The van der Waals surface area contributed by atoms with Crippen LogP contribution in [0.5, 0.6) is 0 Å². The minimum absolute atomic E-state index is 0.191. The van der Waals surface area contributed by atoms with Gasteiger partial charge in [0, 0.05) is 25.2 Å². The molecule has 1 fully saturated rings. The van der Waals surface area contributed by atoms with E-state index < -0.39 is 5.60 Å². The Morgan fingerprint density at radius 1 is 1.17 bits per heavy atom. The first-order chi connectivity index (χ1) is 11.2. The zero-order valence-electron chi connectivity index (χ0n) is 16.9. The second-order valence-corrected chi connectivity index (χ2v) is 8.51. The SMILES string of the molecule is CCCCCCC(C)NC1CCC(N(C)C(=O)OC(C)(C)C)CC1. The molecule has 0 radical (unpaired) electrons. The van der Waals surface area contributed by atoms with Crippen molar-refractivity contribution in [2.75, 3.05) is 7.05 Å². The lowest BCUT2D eigenvalue weighted by Crippen LogP contribution is -2.46. The maximum Gasteiger partial charge on any atom is 0.410 e. The fourth-order valence-corrected chi connectivity index (χ4v) is 3.48. The summed E-state index contributed by atoms with van der Waals surface area (Å²) in [6.07, 6.45) is 10.9.